The zero-order chi connectivity index (χ0) is 15.6. The van der Waals surface area contributed by atoms with Crippen LogP contribution in [0.2, 0.25) is 0 Å². The Hall–Kier alpha value is -1.18. The van der Waals surface area contributed by atoms with Crippen molar-refractivity contribution in [1.82, 2.24) is 0 Å². The first-order valence-corrected chi connectivity index (χ1v) is 8.40. The number of phenols is 1. The zero-order valence-electron chi connectivity index (χ0n) is 14.3. The molecule has 1 heterocycles. The van der Waals surface area contributed by atoms with Crippen LogP contribution in [0, 0.1) is 20.8 Å². The predicted octanol–water partition coefficient (Wildman–Crippen LogP) is 5.37. The van der Waals surface area contributed by atoms with Gasteiger partial charge in [-0.25, -0.2) is 0 Å². The molecule has 118 valence electrons. The van der Waals surface area contributed by atoms with Crippen molar-refractivity contribution in [2.24, 2.45) is 0 Å². The molecule has 0 radical (unpaired) electrons. The summed E-state index contributed by atoms with van der Waals surface area (Å²) in [6.45, 7) is 10.5. The van der Waals surface area contributed by atoms with E-state index in [1.54, 1.807) is 0 Å². The maximum atomic E-state index is 10.2. The lowest BCUT2D eigenvalue weighted by molar-refractivity contribution is 0.0522. The van der Waals surface area contributed by atoms with Gasteiger partial charge in [0, 0.05) is 5.56 Å². The highest BCUT2D eigenvalue weighted by Crippen LogP contribution is 2.44. The van der Waals surface area contributed by atoms with Crippen LogP contribution in [0.25, 0.3) is 0 Å². The van der Waals surface area contributed by atoms with Gasteiger partial charge in [0.25, 0.3) is 0 Å². The molecule has 0 aliphatic carbocycles. The molecule has 0 fully saturated rings. The van der Waals surface area contributed by atoms with Gasteiger partial charge in [-0.3, -0.25) is 0 Å². The van der Waals surface area contributed by atoms with Gasteiger partial charge in [-0.15, -0.1) is 0 Å². The lowest BCUT2D eigenvalue weighted by Gasteiger charge is -2.38. The van der Waals surface area contributed by atoms with Crippen LogP contribution in [0.1, 0.15) is 74.6 Å². The van der Waals surface area contributed by atoms with Crippen molar-refractivity contribution in [3.05, 3.63) is 22.3 Å². The van der Waals surface area contributed by atoms with Crippen LogP contribution in [0.3, 0.4) is 0 Å². The highest BCUT2D eigenvalue weighted by molar-refractivity contribution is 5.58. The molecule has 0 saturated heterocycles. The van der Waals surface area contributed by atoms with Crippen LogP contribution in [0.5, 0.6) is 11.5 Å². The van der Waals surface area contributed by atoms with Crippen LogP contribution in [-0.2, 0) is 6.42 Å². The molecule has 0 aromatic heterocycles. The third-order valence-corrected chi connectivity index (χ3v) is 5.15. The molecule has 21 heavy (non-hydrogen) atoms. The van der Waals surface area contributed by atoms with Gasteiger partial charge >= 0.3 is 0 Å². The molecule has 2 nitrogen and oxygen atoms in total. The van der Waals surface area contributed by atoms with Crippen molar-refractivity contribution in [2.75, 3.05) is 0 Å². The lowest BCUT2D eigenvalue weighted by Crippen LogP contribution is -2.37. The van der Waals surface area contributed by atoms with E-state index in [1.807, 2.05) is 13.8 Å². The van der Waals surface area contributed by atoms with Gasteiger partial charge in [-0.1, -0.05) is 26.2 Å². The SMILES string of the molecule is CCCCCCC1(C)CCc2c(C)c(O)c(C)c(C)c2O1. The maximum absolute atomic E-state index is 10.2. The summed E-state index contributed by atoms with van der Waals surface area (Å²) in [6, 6.07) is 0. The molecule has 1 aromatic rings. The first kappa shape index (κ1) is 16.2. The molecule has 1 unspecified atom stereocenters. The molecule has 1 aromatic carbocycles. The van der Waals surface area contributed by atoms with Gasteiger partial charge in [0.05, 0.1) is 0 Å². The van der Waals surface area contributed by atoms with Crippen molar-refractivity contribution >= 4 is 0 Å². The van der Waals surface area contributed by atoms with E-state index in [0.29, 0.717) is 5.75 Å². The predicted molar refractivity (Wildman–Crippen MR) is 88.4 cm³/mol. The third kappa shape index (κ3) is 3.20. The van der Waals surface area contributed by atoms with Crippen molar-refractivity contribution in [1.29, 1.82) is 0 Å². The first-order chi connectivity index (χ1) is 9.89. The summed E-state index contributed by atoms with van der Waals surface area (Å²) in [5.41, 5.74) is 4.23. The van der Waals surface area contributed by atoms with Crippen LogP contribution < -0.4 is 4.74 Å². The Morgan fingerprint density at radius 2 is 1.76 bits per heavy atom. The molecule has 1 N–H and O–H groups in total. The average molecular weight is 290 g/mol. The third-order valence-electron chi connectivity index (χ3n) is 5.15. The minimum Gasteiger partial charge on any atom is -0.507 e. The summed E-state index contributed by atoms with van der Waals surface area (Å²) in [4.78, 5) is 0. The van der Waals surface area contributed by atoms with Gasteiger partial charge < -0.3 is 9.84 Å². The number of phenolic OH excluding ortho intramolecular Hbond substituents is 1. The standard InChI is InChI=1S/C19H30O2/c1-6-7-8-9-11-19(5)12-10-16-15(4)17(20)13(2)14(3)18(16)21-19/h20H,6-12H2,1-5H3. The molecule has 2 heteroatoms. The molecule has 1 aliphatic heterocycles. The minimum atomic E-state index is -0.0403. The Bertz CT molecular complexity index is 519. The second-order valence-electron chi connectivity index (χ2n) is 6.89. The molecular formula is C19H30O2. The van der Waals surface area contributed by atoms with Crippen LogP contribution in [0.4, 0.5) is 0 Å². The van der Waals surface area contributed by atoms with Gasteiger partial charge in [0.2, 0.25) is 0 Å². The van der Waals surface area contributed by atoms with Gasteiger partial charge in [-0.2, -0.15) is 0 Å². The zero-order valence-corrected chi connectivity index (χ0v) is 14.3. The van der Waals surface area contributed by atoms with Crippen molar-refractivity contribution in [3.8, 4) is 11.5 Å². The quantitative estimate of drug-likeness (QED) is 0.738. The van der Waals surface area contributed by atoms with E-state index in [-0.39, 0.29) is 5.60 Å². The fourth-order valence-electron chi connectivity index (χ4n) is 3.40. The Morgan fingerprint density at radius 3 is 2.43 bits per heavy atom. The van der Waals surface area contributed by atoms with Crippen LogP contribution >= 0.6 is 0 Å². The number of ether oxygens (including phenoxy) is 1. The molecule has 2 rings (SSSR count). The highest BCUT2D eigenvalue weighted by atomic mass is 16.5. The van der Waals surface area contributed by atoms with E-state index in [4.69, 9.17) is 4.74 Å². The Balaban J connectivity index is 2.20. The van der Waals surface area contributed by atoms with Gasteiger partial charge in [-0.05, 0) is 70.1 Å². The molecule has 0 amide bonds. The molecule has 1 aliphatic rings. The summed E-state index contributed by atoms with van der Waals surface area (Å²) >= 11 is 0. The normalized spacial score (nSPS) is 21.0. The molecule has 1 atom stereocenters. The molecule has 0 bridgehead atoms. The number of fused-ring (bicyclic) bond motifs is 1. The Labute approximate surface area is 129 Å². The number of benzene rings is 1. The topological polar surface area (TPSA) is 29.5 Å². The monoisotopic (exact) mass is 290 g/mol. The number of aromatic hydroxyl groups is 1. The number of hydrogen-bond donors (Lipinski definition) is 1. The van der Waals surface area contributed by atoms with E-state index in [2.05, 4.69) is 20.8 Å². The van der Waals surface area contributed by atoms with E-state index in [9.17, 15) is 5.11 Å². The fourth-order valence-corrected chi connectivity index (χ4v) is 3.40. The number of rotatable bonds is 5. The summed E-state index contributed by atoms with van der Waals surface area (Å²) in [5, 5.41) is 10.2. The second-order valence-corrected chi connectivity index (χ2v) is 6.89. The molecule has 0 saturated carbocycles. The lowest BCUT2D eigenvalue weighted by atomic mass is 9.84. The van der Waals surface area contributed by atoms with E-state index >= 15 is 0 Å². The van der Waals surface area contributed by atoms with E-state index in [1.165, 1.54) is 31.2 Å². The van der Waals surface area contributed by atoms with Gasteiger partial charge in [0.15, 0.2) is 0 Å². The van der Waals surface area contributed by atoms with Gasteiger partial charge in [0.1, 0.15) is 17.1 Å². The largest absolute Gasteiger partial charge is 0.507 e. The average Bonchev–Trinajstić information content (AvgIpc) is 2.47. The smallest absolute Gasteiger partial charge is 0.127 e. The second kappa shape index (κ2) is 6.29. The fraction of sp³-hybridized carbons (Fsp3) is 0.684. The summed E-state index contributed by atoms with van der Waals surface area (Å²) in [5.74, 6) is 1.48. The number of unbranched alkanes of at least 4 members (excludes halogenated alkanes) is 3. The summed E-state index contributed by atoms with van der Waals surface area (Å²) in [7, 11) is 0. The minimum absolute atomic E-state index is 0.0403. The molecular weight excluding hydrogens is 260 g/mol. The van der Waals surface area contributed by atoms with Crippen molar-refractivity contribution in [2.45, 2.75) is 85.2 Å². The highest BCUT2D eigenvalue weighted by Gasteiger charge is 2.33. The molecule has 0 spiro atoms. The summed E-state index contributed by atoms with van der Waals surface area (Å²) < 4.78 is 6.44. The first-order valence-electron chi connectivity index (χ1n) is 8.40. The van der Waals surface area contributed by atoms with E-state index in [0.717, 1.165) is 41.7 Å². The Kier molecular flexibility index (Phi) is 4.85. The Morgan fingerprint density at radius 1 is 1.05 bits per heavy atom. The van der Waals surface area contributed by atoms with Crippen LogP contribution in [-0.4, -0.2) is 10.7 Å². The van der Waals surface area contributed by atoms with E-state index < -0.39 is 0 Å². The maximum Gasteiger partial charge on any atom is 0.127 e. The number of hydrogen-bond acceptors (Lipinski definition) is 2. The summed E-state index contributed by atoms with van der Waals surface area (Å²) in [6.07, 6.45) is 8.33. The van der Waals surface area contributed by atoms with Crippen molar-refractivity contribution < 1.29 is 9.84 Å². The van der Waals surface area contributed by atoms with Crippen molar-refractivity contribution in [3.63, 3.8) is 0 Å². The van der Waals surface area contributed by atoms with Crippen LogP contribution in [0.15, 0.2) is 0 Å².